The molecule has 2 aromatic carbocycles. The van der Waals surface area contributed by atoms with Crippen LogP contribution < -0.4 is 15.5 Å². The van der Waals surface area contributed by atoms with Gasteiger partial charge in [0.2, 0.25) is 0 Å². The van der Waals surface area contributed by atoms with E-state index >= 15 is 0 Å². The van der Waals surface area contributed by atoms with Crippen molar-refractivity contribution in [2.75, 3.05) is 36.4 Å². The minimum Gasteiger partial charge on any atom is -0.371 e. The molecule has 0 aliphatic carbocycles. The largest absolute Gasteiger partial charge is 0.371 e. The van der Waals surface area contributed by atoms with Crippen LogP contribution >= 0.6 is 0 Å². The molecule has 5 rings (SSSR count). The predicted molar refractivity (Wildman–Crippen MR) is 115 cm³/mol. The van der Waals surface area contributed by atoms with Crippen molar-refractivity contribution in [1.29, 1.82) is 0 Å². The van der Waals surface area contributed by atoms with E-state index in [4.69, 9.17) is 0 Å². The highest BCUT2D eigenvalue weighted by molar-refractivity contribution is 5.73. The van der Waals surface area contributed by atoms with Crippen LogP contribution in [0.25, 0.3) is 0 Å². The molecule has 3 heteroatoms. The summed E-state index contributed by atoms with van der Waals surface area (Å²) in [6, 6.07) is 11.5. The van der Waals surface area contributed by atoms with Crippen molar-refractivity contribution in [3.8, 4) is 0 Å². The van der Waals surface area contributed by atoms with Crippen molar-refractivity contribution in [3.63, 3.8) is 0 Å². The first-order valence-electron chi connectivity index (χ1n) is 10.7. The third-order valence-corrected chi connectivity index (χ3v) is 6.92. The first-order chi connectivity index (χ1) is 13.2. The summed E-state index contributed by atoms with van der Waals surface area (Å²) in [6.45, 7) is 9.18. The summed E-state index contributed by atoms with van der Waals surface area (Å²) in [5, 5.41) is 7.41. The van der Waals surface area contributed by atoms with Crippen LogP contribution in [-0.4, -0.2) is 26.2 Å². The van der Waals surface area contributed by atoms with Crippen molar-refractivity contribution in [2.24, 2.45) is 5.92 Å². The van der Waals surface area contributed by atoms with Crippen molar-refractivity contribution >= 4 is 17.1 Å². The van der Waals surface area contributed by atoms with Gasteiger partial charge in [0, 0.05) is 42.6 Å². The van der Waals surface area contributed by atoms with E-state index in [1.54, 1.807) is 16.8 Å². The van der Waals surface area contributed by atoms with Gasteiger partial charge in [-0.15, -0.1) is 0 Å². The first kappa shape index (κ1) is 17.1. The van der Waals surface area contributed by atoms with E-state index in [9.17, 15) is 0 Å². The van der Waals surface area contributed by atoms with Gasteiger partial charge in [0.15, 0.2) is 0 Å². The number of fused-ring (bicyclic) bond motifs is 2. The number of nitrogens with zero attached hydrogens (tertiary/aromatic N) is 1. The zero-order valence-corrected chi connectivity index (χ0v) is 16.6. The zero-order chi connectivity index (χ0) is 18.4. The average Bonchev–Trinajstić information content (AvgIpc) is 2.90. The summed E-state index contributed by atoms with van der Waals surface area (Å²) in [4.78, 5) is 2.69. The van der Waals surface area contributed by atoms with Crippen molar-refractivity contribution in [3.05, 3.63) is 52.6 Å². The second-order valence-electron chi connectivity index (χ2n) is 8.76. The Bertz CT molecular complexity index is 857. The van der Waals surface area contributed by atoms with Crippen LogP contribution in [0.5, 0.6) is 0 Å². The average molecular weight is 362 g/mol. The summed E-state index contributed by atoms with van der Waals surface area (Å²) >= 11 is 0. The molecule has 142 valence electrons. The number of nitrogens with one attached hydrogen (secondary N) is 2. The lowest BCUT2D eigenvalue weighted by molar-refractivity contribution is 0.385. The molecule has 0 saturated carbocycles. The fourth-order valence-electron chi connectivity index (χ4n) is 5.37. The van der Waals surface area contributed by atoms with E-state index in [0.717, 1.165) is 12.5 Å². The van der Waals surface area contributed by atoms with Crippen molar-refractivity contribution in [2.45, 2.75) is 45.4 Å². The molecular formula is C24H31N3. The van der Waals surface area contributed by atoms with Gasteiger partial charge in [-0.05, 0) is 98.5 Å². The Morgan fingerprint density at radius 2 is 1.96 bits per heavy atom. The maximum Gasteiger partial charge on any atom is 0.0436 e. The quantitative estimate of drug-likeness (QED) is 0.797. The predicted octanol–water partition coefficient (Wildman–Crippen LogP) is 4.90. The van der Waals surface area contributed by atoms with Crippen LogP contribution in [0.2, 0.25) is 0 Å². The molecule has 27 heavy (non-hydrogen) atoms. The van der Waals surface area contributed by atoms with Crippen molar-refractivity contribution in [1.82, 2.24) is 5.32 Å². The Balaban J connectivity index is 1.55. The lowest BCUT2D eigenvalue weighted by Crippen LogP contribution is -2.42. The highest BCUT2D eigenvalue weighted by Gasteiger charge is 2.36. The van der Waals surface area contributed by atoms with Crippen LogP contribution in [0.15, 0.2) is 30.3 Å². The van der Waals surface area contributed by atoms with Gasteiger partial charge < -0.3 is 15.5 Å². The summed E-state index contributed by atoms with van der Waals surface area (Å²) < 4.78 is 0. The van der Waals surface area contributed by atoms with Gasteiger partial charge in [0.25, 0.3) is 0 Å². The number of hydrogen-bond donors (Lipinski definition) is 2. The number of anilines is 3. The normalized spacial score (nSPS) is 24.0. The molecule has 0 bridgehead atoms. The minimum atomic E-state index is 0.664. The molecule has 1 saturated heterocycles. The molecule has 2 aromatic rings. The highest BCUT2D eigenvalue weighted by atomic mass is 15.2. The van der Waals surface area contributed by atoms with E-state index < -0.39 is 0 Å². The second-order valence-corrected chi connectivity index (χ2v) is 8.76. The maximum atomic E-state index is 3.71. The lowest BCUT2D eigenvalue weighted by atomic mass is 9.77. The minimum absolute atomic E-state index is 0.664. The molecule has 3 heterocycles. The first-order valence-corrected chi connectivity index (χ1v) is 10.7. The van der Waals surface area contributed by atoms with E-state index in [2.05, 4.69) is 59.7 Å². The Hall–Kier alpha value is -2.00. The Morgan fingerprint density at radius 3 is 2.85 bits per heavy atom. The Kier molecular flexibility index (Phi) is 4.35. The maximum absolute atomic E-state index is 3.71. The monoisotopic (exact) mass is 361 g/mol. The number of aryl methyl sites for hydroxylation is 3. The summed E-state index contributed by atoms with van der Waals surface area (Å²) in [5.41, 5.74) is 9.86. The van der Waals surface area contributed by atoms with Gasteiger partial charge in [-0.1, -0.05) is 6.07 Å². The summed E-state index contributed by atoms with van der Waals surface area (Å²) in [5.74, 6) is 1.47. The lowest BCUT2D eigenvalue weighted by Gasteiger charge is -2.44. The molecule has 0 aromatic heterocycles. The molecule has 0 radical (unpaired) electrons. The Labute approximate surface area is 163 Å². The third kappa shape index (κ3) is 3.12. The van der Waals surface area contributed by atoms with Crippen LogP contribution in [-0.2, 0) is 6.42 Å². The van der Waals surface area contributed by atoms with E-state index in [-0.39, 0.29) is 0 Å². The molecule has 0 amide bonds. The molecule has 3 nitrogen and oxygen atoms in total. The van der Waals surface area contributed by atoms with Gasteiger partial charge in [-0.3, -0.25) is 0 Å². The second kappa shape index (κ2) is 6.87. The van der Waals surface area contributed by atoms with Gasteiger partial charge >= 0.3 is 0 Å². The van der Waals surface area contributed by atoms with Crippen LogP contribution in [0.3, 0.4) is 0 Å². The van der Waals surface area contributed by atoms with Crippen LogP contribution in [0.4, 0.5) is 17.1 Å². The van der Waals surface area contributed by atoms with Crippen LogP contribution in [0, 0.1) is 19.8 Å². The van der Waals surface area contributed by atoms with Gasteiger partial charge in [0.1, 0.15) is 0 Å². The molecule has 3 aliphatic rings. The molecular weight excluding hydrogens is 330 g/mol. The standard InChI is InChI=1S/C24H31N3/c1-16-7-8-20(11-17(16)2)26-21-12-18-6-4-10-27-15-19-5-3-9-25-14-23(19)22(13-21)24(18)27/h7-8,11-13,19,23,25-26H,3-6,9-10,14-15H2,1-2H3. The molecule has 1 fully saturated rings. The van der Waals surface area contributed by atoms with E-state index in [1.165, 1.54) is 67.8 Å². The summed E-state index contributed by atoms with van der Waals surface area (Å²) in [7, 11) is 0. The molecule has 0 spiro atoms. The van der Waals surface area contributed by atoms with E-state index in [1.807, 2.05) is 0 Å². The van der Waals surface area contributed by atoms with Gasteiger partial charge in [-0.2, -0.15) is 0 Å². The topological polar surface area (TPSA) is 27.3 Å². The smallest absolute Gasteiger partial charge is 0.0436 e. The molecule has 2 N–H and O–H groups in total. The van der Waals surface area contributed by atoms with E-state index in [0.29, 0.717) is 5.92 Å². The fourth-order valence-corrected chi connectivity index (χ4v) is 5.37. The number of benzene rings is 2. The highest BCUT2D eigenvalue weighted by Crippen LogP contribution is 2.46. The molecule has 2 unspecified atom stereocenters. The number of hydrogen-bond acceptors (Lipinski definition) is 3. The van der Waals surface area contributed by atoms with Crippen LogP contribution in [0.1, 0.15) is 47.4 Å². The van der Waals surface area contributed by atoms with Crippen molar-refractivity contribution < 1.29 is 0 Å². The number of rotatable bonds is 2. The zero-order valence-electron chi connectivity index (χ0n) is 16.6. The third-order valence-electron chi connectivity index (χ3n) is 6.92. The summed E-state index contributed by atoms with van der Waals surface area (Å²) in [6.07, 6.45) is 5.18. The Morgan fingerprint density at radius 1 is 1.04 bits per heavy atom. The van der Waals surface area contributed by atoms with Gasteiger partial charge in [-0.25, -0.2) is 0 Å². The fraction of sp³-hybridized carbons (Fsp3) is 0.500. The SMILES string of the molecule is Cc1ccc(Nc2cc3c4c(c2)C2CNCCCC2CN4CCC3)cc1C. The molecule has 2 atom stereocenters. The van der Waals surface area contributed by atoms with Gasteiger partial charge in [0.05, 0.1) is 0 Å². The molecule has 3 aliphatic heterocycles.